The Labute approximate surface area is 168 Å². The van der Waals surface area contributed by atoms with E-state index in [9.17, 15) is 9.59 Å². The molecule has 0 bridgehead atoms. The van der Waals surface area contributed by atoms with Gasteiger partial charge in [-0.25, -0.2) is 0 Å². The number of carbonyl (C=O) groups is 2. The van der Waals surface area contributed by atoms with E-state index in [0.717, 1.165) is 22.3 Å². The lowest BCUT2D eigenvalue weighted by atomic mass is 9.73. The van der Waals surface area contributed by atoms with Crippen molar-refractivity contribution in [2.24, 2.45) is 0 Å². The maximum atomic E-state index is 12.8. The number of hydrogen-bond acceptors (Lipinski definition) is 6. The van der Waals surface area contributed by atoms with Gasteiger partial charge in [-0.1, -0.05) is 48.5 Å². The van der Waals surface area contributed by atoms with Gasteiger partial charge < -0.3 is 18.9 Å². The third-order valence-corrected chi connectivity index (χ3v) is 5.73. The molecule has 0 aromatic heterocycles. The number of ether oxygens (including phenoxy) is 4. The fourth-order valence-corrected chi connectivity index (χ4v) is 4.15. The second-order valence-electron chi connectivity index (χ2n) is 7.80. The molecule has 2 saturated heterocycles. The Kier molecular flexibility index (Phi) is 4.60. The molecule has 29 heavy (non-hydrogen) atoms. The van der Waals surface area contributed by atoms with E-state index in [-0.39, 0.29) is 50.2 Å². The van der Waals surface area contributed by atoms with Crippen LogP contribution in [-0.2, 0) is 34.0 Å². The van der Waals surface area contributed by atoms with E-state index >= 15 is 0 Å². The second kappa shape index (κ2) is 7.28. The van der Waals surface area contributed by atoms with Gasteiger partial charge in [0.1, 0.15) is 25.4 Å². The van der Waals surface area contributed by atoms with Gasteiger partial charge in [0, 0.05) is 5.41 Å². The summed E-state index contributed by atoms with van der Waals surface area (Å²) < 4.78 is 21.1. The fraction of sp³-hybridized carbons (Fsp3) is 0.391. The summed E-state index contributed by atoms with van der Waals surface area (Å²) in [6, 6.07) is 15.9. The van der Waals surface area contributed by atoms with Crippen LogP contribution in [0.1, 0.15) is 24.0 Å². The zero-order valence-electron chi connectivity index (χ0n) is 16.0. The van der Waals surface area contributed by atoms with E-state index in [0.29, 0.717) is 13.2 Å². The minimum atomic E-state index is -0.809. The highest BCUT2D eigenvalue weighted by atomic mass is 16.6. The van der Waals surface area contributed by atoms with Crippen molar-refractivity contribution in [2.75, 3.05) is 26.4 Å². The molecule has 2 atom stereocenters. The standard InChI is InChI=1S/C23H22O6/c24-21(28-13-15-11-26-15)9-23(10-22(25)29-14-16-12-27-16)19-7-3-1-5-17(19)18-6-2-4-8-20(18)23/h1-8,15-16H,9-14H2. The van der Waals surface area contributed by atoms with E-state index in [1.165, 1.54) is 0 Å². The molecule has 2 aromatic carbocycles. The fourth-order valence-electron chi connectivity index (χ4n) is 4.15. The minimum Gasteiger partial charge on any atom is -0.463 e. The molecule has 2 aromatic rings. The summed E-state index contributed by atoms with van der Waals surface area (Å²) in [5, 5.41) is 0. The topological polar surface area (TPSA) is 77.7 Å². The average molecular weight is 394 g/mol. The van der Waals surface area contributed by atoms with Crippen molar-refractivity contribution in [1.82, 2.24) is 0 Å². The molecule has 2 aliphatic heterocycles. The molecular weight excluding hydrogens is 372 g/mol. The van der Waals surface area contributed by atoms with Crippen molar-refractivity contribution in [3.8, 4) is 11.1 Å². The minimum absolute atomic E-state index is 0.00144. The van der Waals surface area contributed by atoms with Crippen molar-refractivity contribution >= 4 is 11.9 Å². The van der Waals surface area contributed by atoms with Gasteiger partial charge in [-0.3, -0.25) is 9.59 Å². The van der Waals surface area contributed by atoms with Crippen molar-refractivity contribution in [3.63, 3.8) is 0 Å². The van der Waals surface area contributed by atoms with Crippen molar-refractivity contribution in [3.05, 3.63) is 59.7 Å². The smallest absolute Gasteiger partial charge is 0.307 e. The Balaban J connectivity index is 1.48. The summed E-state index contributed by atoms with van der Waals surface area (Å²) in [4.78, 5) is 25.5. The predicted octanol–water partition coefficient (Wildman–Crippen LogP) is 2.62. The first kappa shape index (κ1) is 18.3. The molecule has 150 valence electrons. The first-order valence-corrected chi connectivity index (χ1v) is 9.89. The van der Waals surface area contributed by atoms with Crippen molar-refractivity contribution in [1.29, 1.82) is 0 Å². The van der Waals surface area contributed by atoms with Gasteiger partial charge in [-0.05, 0) is 22.3 Å². The molecule has 0 saturated carbocycles. The molecule has 2 unspecified atom stereocenters. The zero-order chi connectivity index (χ0) is 19.8. The molecule has 2 heterocycles. The highest BCUT2D eigenvalue weighted by Gasteiger charge is 2.47. The van der Waals surface area contributed by atoms with E-state index in [4.69, 9.17) is 18.9 Å². The van der Waals surface area contributed by atoms with Gasteiger partial charge in [0.2, 0.25) is 0 Å². The highest BCUT2D eigenvalue weighted by Crippen LogP contribution is 2.52. The van der Waals surface area contributed by atoms with Gasteiger partial charge >= 0.3 is 11.9 Å². The SMILES string of the molecule is O=C(CC1(CC(=O)OCC2CO2)c2ccccc2-c2ccccc21)OCC1CO1. The predicted molar refractivity (Wildman–Crippen MR) is 103 cm³/mol. The first-order valence-electron chi connectivity index (χ1n) is 9.89. The normalized spacial score (nSPS) is 22.3. The number of carbonyl (C=O) groups excluding carboxylic acids is 2. The molecule has 3 aliphatic rings. The van der Waals surface area contributed by atoms with E-state index in [1.54, 1.807) is 0 Å². The van der Waals surface area contributed by atoms with Crippen LogP contribution >= 0.6 is 0 Å². The molecule has 0 amide bonds. The van der Waals surface area contributed by atoms with Crippen LogP contribution in [0.4, 0.5) is 0 Å². The molecule has 2 fully saturated rings. The average Bonchev–Trinajstić information content (AvgIpc) is 3.65. The number of esters is 2. The third kappa shape index (κ3) is 3.66. The summed E-state index contributed by atoms with van der Waals surface area (Å²) in [6.45, 7) is 1.75. The molecule has 6 nitrogen and oxygen atoms in total. The lowest BCUT2D eigenvalue weighted by Crippen LogP contribution is -2.33. The number of hydrogen-bond donors (Lipinski definition) is 0. The summed E-state index contributed by atoms with van der Waals surface area (Å²) in [5.41, 5.74) is 3.19. The number of fused-ring (bicyclic) bond motifs is 3. The van der Waals surface area contributed by atoms with Crippen LogP contribution < -0.4 is 0 Å². The van der Waals surface area contributed by atoms with Gasteiger partial charge in [0.15, 0.2) is 0 Å². The molecule has 0 spiro atoms. The van der Waals surface area contributed by atoms with Gasteiger partial charge in [-0.2, -0.15) is 0 Å². The van der Waals surface area contributed by atoms with Gasteiger partial charge in [0.25, 0.3) is 0 Å². The number of benzene rings is 2. The van der Waals surface area contributed by atoms with Gasteiger partial charge in [-0.15, -0.1) is 0 Å². The molecule has 5 rings (SSSR count). The maximum Gasteiger partial charge on any atom is 0.307 e. The maximum absolute atomic E-state index is 12.8. The largest absolute Gasteiger partial charge is 0.463 e. The van der Waals surface area contributed by atoms with E-state index in [1.807, 2.05) is 48.5 Å². The number of epoxide rings is 2. The Morgan fingerprint density at radius 3 is 1.62 bits per heavy atom. The summed E-state index contributed by atoms with van der Waals surface area (Å²) in [7, 11) is 0. The Morgan fingerprint density at radius 2 is 1.21 bits per heavy atom. The summed E-state index contributed by atoms with van der Waals surface area (Å²) in [5.74, 6) is -0.685. The number of rotatable bonds is 8. The molecule has 0 N–H and O–H groups in total. The van der Waals surface area contributed by atoms with Crippen LogP contribution in [0, 0.1) is 0 Å². The van der Waals surface area contributed by atoms with E-state index < -0.39 is 5.41 Å². The quantitative estimate of drug-likeness (QED) is 0.506. The van der Waals surface area contributed by atoms with Crippen LogP contribution in [0.2, 0.25) is 0 Å². The van der Waals surface area contributed by atoms with Crippen LogP contribution in [0.3, 0.4) is 0 Å². The van der Waals surface area contributed by atoms with Gasteiger partial charge in [0.05, 0.1) is 26.1 Å². The van der Waals surface area contributed by atoms with Crippen molar-refractivity contribution in [2.45, 2.75) is 30.5 Å². The van der Waals surface area contributed by atoms with Crippen LogP contribution in [0.5, 0.6) is 0 Å². The van der Waals surface area contributed by atoms with Crippen molar-refractivity contribution < 1.29 is 28.5 Å². The second-order valence-corrected chi connectivity index (χ2v) is 7.80. The highest BCUT2D eigenvalue weighted by molar-refractivity contribution is 5.88. The summed E-state index contributed by atoms with van der Waals surface area (Å²) >= 11 is 0. The molecule has 6 heteroatoms. The zero-order valence-corrected chi connectivity index (χ0v) is 16.0. The monoisotopic (exact) mass is 394 g/mol. The third-order valence-electron chi connectivity index (χ3n) is 5.73. The lowest BCUT2D eigenvalue weighted by molar-refractivity contribution is -0.148. The Hall–Kier alpha value is -2.70. The Bertz CT molecular complexity index is 866. The Morgan fingerprint density at radius 1 is 0.793 bits per heavy atom. The lowest BCUT2D eigenvalue weighted by Gasteiger charge is -2.30. The van der Waals surface area contributed by atoms with Crippen LogP contribution in [-0.4, -0.2) is 50.6 Å². The van der Waals surface area contributed by atoms with E-state index in [2.05, 4.69) is 0 Å². The molecule has 0 radical (unpaired) electrons. The molecular formula is C23H22O6. The molecule has 1 aliphatic carbocycles. The van der Waals surface area contributed by atoms with Crippen LogP contribution in [0.25, 0.3) is 11.1 Å². The summed E-state index contributed by atoms with van der Waals surface area (Å²) in [6.07, 6.45) is 0.147. The van der Waals surface area contributed by atoms with Crippen LogP contribution in [0.15, 0.2) is 48.5 Å². The first-order chi connectivity index (χ1) is 14.2.